The molecule has 0 unspecified atom stereocenters. The van der Waals surface area contributed by atoms with Crippen LogP contribution in [0.15, 0.2) is 18.2 Å². The SMILES string of the molecule is Fc1cccc(F)c1COCC1CCNCC1. The zero-order valence-corrected chi connectivity index (χ0v) is 9.72. The number of ether oxygens (including phenoxy) is 1. The van der Waals surface area contributed by atoms with Gasteiger partial charge in [0.1, 0.15) is 11.6 Å². The number of rotatable bonds is 4. The summed E-state index contributed by atoms with van der Waals surface area (Å²) in [5.41, 5.74) is 0.0291. The van der Waals surface area contributed by atoms with Crippen molar-refractivity contribution in [3.8, 4) is 0 Å². The number of piperidine rings is 1. The number of halogens is 2. The van der Waals surface area contributed by atoms with E-state index in [0.29, 0.717) is 12.5 Å². The van der Waals surface area contributed by atoms with Gasteiger partial charge in [-0.3, -0.25) is 0 Å². The fourth-order valence-electron chi connectivity index (χ4n) is 2.05. The lowest BCUT2D eigenvalue weighted by molar-refractivity contribution is 0.0728. The molecular formula is C13H17F2NO. The summed E-state index contributed by atoms with van der Waals surface area (Å²) in [6, 6.07) is 3.87. The smallest absolute Gasteiger partial charge is 0.131 e. The van der Waals surface area contributed by atoms with Crippen LogP contribution < -0.4 is 5.32 Å². The largest absolute Gasteiger partial charge is 0.376 e. The maximum Gasteiger partial charge on any atom is 0.131 e. The number of hydrogen-bond donors (Lipinski definition) is 1. The molecule has 0 amide bonds. The molecule has 0 radical (unpaired) electrons. The van der Waals surface area contributed by atoms with E-state index in [1.165, 1.54) is 18.2 Å². The van der Waals surface area contributed by atoms with Crippen LogP contribution in [0, 0.1) is 17.6 Å². The second-order valence-corrected chi connectivity index (χ2v) is 4.41. The van der Waals surface area contributed by atoms with Crippen molar-refractivity contribution in [3.05, 3.63) is 35.4 Å². The highest BCUT2D eigenvalue weighted by Gasteiger charge is 2.14. The summed E-state index contributed by atoms with van der Waals surface area (Å²) in [6.07, 6.45) is 2.14. The van der Waals surface area contributed by atoms with E-state index in [-0.39, 0.29) is 12.2 Å². The monoisotopic (exact) mass is 241 g/mol. The van der Waals surface area contributed by atoms with E-state index in [2.05, 4.69) is 5.32 Å². The summed E-state index contributed by atoms with van der Waals surface area (Å²) >= 11 is 0. The van der Waals surface area contributed by atoms with Gasteiger partial charge in [-0.1, -0.05) is 6.07 Å². The zero-order valence-electron chi connectivity index (χ0n) is 9.72. The maximum atomic E-state index is 13.3. The quantitative estimate of drug-likeness (QED) is 0.874. The molecule has 1 heterocycles. The molecule has 0 atom stereocenters. The van der Waals surface area contributed by atoms with Crippen LogP contribution in [0.5, 0.6) is 0 Å². The van der Waals surface area contributed by atoms with Gasteiger partial charge in [-0.25, -0.2) is 8.78 Å². The molecule has 4 heteroatoms. The van der Waals surface area contributed by atoms with Crippen LogP contribution in [0.25, 0.3) is 0 Å². The van der Waals surface area contributed by atoms with Gasteiger partial charge in [-0.15, -0.1) is 0 Å². The number of nitrogens with one attached hydrogen (secondary N) is 1. The van der Waals surface area contributed by atoms with Gasteiger partial charge in [0.2, 0.25) is 0 Å². The van der Waals surface area contributed by atoms with E-state index in [0.717, 1.165) is 25.9 Å². The molecule has 0 saturated carbocycles. The van der Waals surface area contributed by atoms with Crippen LogP contribution in [0.3, 0.4) is 0 Å². The molecule has 1 aliphatic heterocycles. The molecule has 0 aliphatic carbocycles. The van der Waals surface area contributed by atoms with Crippen molar-refractivity contribution in [2.45, 2.75) is 19.4 Å². The van der Waals surface area contributed by atoms with E-state index in [4.69, 9.17) is 4.74 Å². The maximum absolute atomic E-state index is 13.3. The van der Waals surface area contributed by atoms with E-state index < -0.39 is 11.6 Å². The molecule has 1 fully saturated rings. The van der Waals surface area contributed by atoms with Crippen molar-refractivity contribution in [2.24, 2.45) is 5.92 Å². The Labute approximate surface area is 100.0 Å². The molecule has 1 saturated heterocycles. The van der Waals surface area contributed by atoms with E-state index in [1.54, 1.807) is 0 Å². The first-order valence-electron chi connectivity index (χ1n) is 5.98. The van der Waals surface area contributed by atoms with Crippen LogP contribution >= 0.6 is 0 Å². The lowest BCUT2D eigenvalue weighted by atomic mass is 9.99. The third kappa shape index (κ3) is 3.48. The van der Waals surface area contributed by atoms with Crippen molar-refractivity contribution >= 4 is 0 Å². The van der Waals surface area contributed by atoms with Gasteiger partial charge in [0.15, 0.2) is 0 Å². The summed E-state index contributed by atoms with van der Waals surface area (Å²) < 4.78 is 32.0. The minimum atomic E-state index is -0.532. The predicted octanol–water partition coefficient (Wildman–Crippen LogP) is 2.48. The van der Waals surface area contributed by atoms with Crippen molar-refractivity contribution < 1.29 is 13.5 Å². The average Bonchev–Trinajstić information content (AvgIpc) is 2.34. The summed E-state index contributed by atoms with van der Waals surface area (Å²) in [5, 5.41) is 3.27. The Balaban J connectivity index is 1.81. The van der Waals surface area contributed by atoms with E-state index in [1.807, 2.05) is 0 Å². The molecule has 1 aromatic carbocycles. The topological polar surface area (TPSA) is 21.3 Å². The fourth-order valence-corrected chi connectivity index (χ4v) is 2.05. The van der Waals surface area contributed by atoms with Crippen LogP contribution in [-0.2, 0) is 11.3 Å². The number of benzene rings is 1. The predicted molar refractivity (Wildman–Crippen MR) is 61.6 cm³/mol. The molecule has 0 bridgehead atoms. The minimum absolute atomic E-state index is 0.0163. The molecular weight excluding hydrogens is 224 g/mol. The average molecular weight is 241 g/mol. The second-order valence-electron chi connectivity index (χ2n) is 4.41. The first-order chi connectivity index (χ1) is 8.27. The highest BCUT2D eigenvalue weighted by atomic mass is 19.1. The molecule has 17 heavy (non-hydrogen) atoms. The van der Waals surface area contributed by atoms with Gasteiger partial charge in [0, 0.05) is 12.2 Å². The highest BCUT2D eigenvalue weighted by Crippen LogP contribution is 2.16. The van der Waals surface area contributed by atoms with Gasteiger partial charge in [0.05, 0.1) is 6.61 Å². The highest BCUT2D eigenvalue weighted by molar-refractivity contribution is 5.18. The molecule has 1 aromatic rings. The summed E-state index contributed by atoms with van der Waals surface area (Å²) in [4.78, 5) is 0. The minimum Gasteiger partial charge on any atom is -0.376 e. The fraction of sp³-hybridized carbons (Fsp3) is 0.538. The molecule has 0 spiro atoms. The first kappa shape index (κ1) is 12.5. The molecule has 2 nitrogen and oxygen atoms in total. The van der Waals surface area contributed by atoms with Gasteiger partial charge >= 0.3 is 0 Å². The standard InChI is InChI=1S/C13H17F2NO/c14-12-2-1-3-13(15)11(12)9-17-8-10-4-6-16-7-5-10/h1-3,10,16H,4-9H2. The van der Waals surface area contributed by atoms with E-state index in [9.17, 15) is 8.78 Å². The Morgan fingerprint density at radius 3 is 2.47 bits per heavy atom. The Hall–Kier alpha value is -1.00. The summed E-state index contributed by atoms with van der Waals surface area (Å²) in [7, 11) is 0. The van der Waals surface area contributed by atoms with Crippen LogP contribution in [0.4, 0.5) is 8.78 Å². The first-order valence-corrected chi connectivity index (χ1v) is 5.98. The summed E-state index contributed by atoms with van der Waals surface area (Å²) in [6.45, 7) is 2.60. The lowest BCUT2D eigenvalue weighted by Gasteiger charge is -2.22. The Morgan fingerprint density at radius 2 is 1.82 bits per heavy atom. The van der Waals surface area contributed by atoms with E-state index >= 15 is 0 Å². The molecule has 0 aromatic heterocycles. The zero-order chi connectivity index (χ0) is 12.1. The Kier molecular flexibility index (Phi) is 4.45. The van der Waals surface area contributed by atoms with Crippen molar-refractivity contribution in [1.82, 2.24) is 5.32 Å². The third-order valence-corrected chi connectivity index (χ3v) is 3.12. The Morgan fingerprint density at radius 1 is 1.18 bits per heavy atom. The van der Waals surface area contributed by atoms with Crippen LogP contribution in [0.1, 0.15) is 18.4 Å². The molecule has 2 rings (SSSR count). The normalized spacial score (nSPS) is 17.3. The van der Waals surface area contributed by atoms with Gasteiger partial charge in [-0.05, 0) is 44.0 Å². The molecule has 94 valence electrons. The third-order valence-electron chi connectivity index (χ3n) is 3.12. The second kappa shape index (κ2) is 6.07. The van der Waals surface area contributed by atoms with Crippen molar-refractivity contribution in [2.75, 3.05) is 19.7 Å². The van der Waals surface area contributed by atoms with Crippen LogP contribution in [-0.4, -0.2) is 19.7 Å². The van der Waals surface area contributed by atoms with Gasteiger partial charge in [-0.2, -0.15) is 0 Å². The lowest BCUT2D eigenvalue weighted by Crippen LogP contribution is -2.29. The van der Waals surface area contributed by atoms with Gasteiger partial charge < -0.3 is 10.1 Å². The van der Waals surface area contributed by atoms with Crippen molar-refractivity contribution in [3.63, 3.8) is 0 Å². The Bertz CT molecular complexity index is 344. The van der Waals surface area contributed by atoms with Crippen LogP contribution in [0.2, 0.25) is 0 Å². The van der Waals surface area contributed by atoms with Gasteiger partial charge in [0.25, 0.3) is 0 Å². The number of hydrogen-bond acceptors (Lipinski definition) is 2. The van der Waals surface area contributed by atoms with Crippen molar-refractivity contribution in [1.29, 1.82) is 0 Å². The molecule has 1 N–H and O–H groups in total. The summed E-state index contributed by atoms with van der Waals surface area (Å²) in [5.74, 6) is -0.559. The molecule has 1 aliphatic rings.